The summed E-state index contributed by atoms with van der Waals surface area (Å²) in [6, 6.07) is 0.155. The zero-order valence-electron chi connectivity index (χ0n) is 9.32. The van der Waals surface area contributed by atoms with E-state index in [1.165, 1.54) is 6.42 Å². The summed E-state index contributed by atoms with van der Waals surface area (Å²) in [6.45, 7) is 5.74. The lowest BCUT2D eigenvalue weighted by Crippen LogP contribution is -2.28. The van der Waals surface area contributed by atoms with Crippen LogP contribution in [0.2, 0.25) is 0 Å². The van der Waals surface area contributed by atoms with Crippen molar-refractivity contribution in [3.63, 3.8) is 0 Å². The molecule has 2 heterocycles. The number of hydrogen-bond donors (Lipinski definition) is 1. The van der Waals surface area contributed by atoms with E-state index < -0.39 is 0 Å². The molecule has 1 aromatic heterocycles. The van der Waals surface area contributed by atoms with Gasteiger partial charge in [-0.3, -0.25) is 0 Å². The normalized spacial score (nSPS) is 23.2. The summed E-state index contributed by atoms with van der Waals surface area (Å²) in [4.78, 5) is 4.19. The van der Waals surface area contributed by atoms with Crippen molar-refractivity contribution in [1.82, 2.24) is 10.3 Å². The molecule has 2 atom stereocenters. The molecule has 0 aromatic carbocycles. The Morgan fingerprint density at radius 3 is 3.13 bits per heavy atom. The molecule has 1 N–H and O–H groups in total. The van der Waals surface area contributed by atoms with Gasteiger partial charge in [0, 0.05) is 13.2 Å². The first-order chi connectivity index (χ1) is 7.25. The van der Waals surface area contributed by atoms with E-state index in [1.54, 1.807) is 6.20 Å². The fourth-order valence-electron chi connectivity index (χ4n) is 1.77. The van der Waals surface area contributed by atoms with Gasteiger partial charge < -0.3 is 14.5 Å². The minimum Gasteiger partial charge on any atom is -0.444 e. The van der Waals surface area contributed by atoms with Gasteiger partial charge in [0.1, 0.15) is 5.76 Å². The fourth-order valence-corrected chi connectivity index (χ4v) is 1.77. The number of aryl methyl sites for hydroxylation is 1. The first-order valence-electron chi connectivity index (χ1n) is 5.53. The van der Waals surface area contributed by atoms with Gasteiger partial charge in [-0.05, 0) is 26.7 Å². The molecule has 1 aliphatic heterocycles. The molecule has 15 heavy (non-hydrogen) atoms. The van der Waals surface area contributed by atoms with Crippen LogP contribution in [0, 0.1) is 6.92 Å². The smallest absolute Gasteiger partial charge is 0.211 e. The highest BCUT2D eigenvalue weighted by molar-refractivity contribution is 4.95. The number of oxazole rings is 1. The van der Waals surface area contributed by atoms with Crippen LogP contribution in [-0.4, -0.2) is 24.2 Å². The van der Waals surface area contributed by atoms with Crippen LogP contribution in [0.3, 0.4) is 0 Å². The number of nitrogens with one attached hydrogen (secondary N) is 1. The molecule has 0 saturated carbocycles. The van der Waals surface area contributed by atoms with Gasteiger partial charge in [0.2, 0.25) is 5.89 Å². The van der Waals surface area contributed by atoms with Gasteiger partial charge in [-0.25, -0.2) is 4.98 Å². The molecule has 0 spiro atoms. The number of hydrogen-bond acceptors (Lipinski definition) is 4. The molecule has 4 nitrogen and oxygen atoms in total. The van der Waals surface area contributed by atoms with E-state index in [1.807, 2.05) is 6.92 Å². The molecule has 2 rings (SSSR count). The summed E-state index contributed by atoms with van der Waals surface area (Å²) in [5, 5.41) is 3.37. The largest absolute Gasteiger partial charge is 0.444 e. The van der Waals surface area contributed by atoms with Crippen molar-refractivity contribution in [1.29, 1.82) is 0 Å². The lowest BCUT2D eigenvalue weighted by Gasteiger charge is -2.14. The van der Waals surface area contributed by atoms with E-state index in [9.17, 15) is 0 Å². The standard InChI is InChI=1S/C11H18N2O2/c1-8-6-13-11(15-8)9(2)12-7-10-4-3-5-14-10/h6,9-10,12H,3-5,7H2,1-2H3. The molecule has 1 fully saturated rings. The summed E-state index contributed by atoms with van der Waals surface area (Å²) in [5.74, 6) is 1.61. The molecule has 0 aliphatic carbocycles. The minimum atomic E-state index is 0.155. The monoisotopic (exact) mass is 210 g/mol. The van der Waals surface area contributed by atoms with Crippen LogP contribution in [0.15, 0.2) is 10.6 Å². The van der Waals surface area contributed by atoms with E-state index >= 15 is 0 Å². The van der Waals surface area contributed by atoms with E-state index in [4.69, 9.17) is 9.15 Å². The Balaban J connectivity index is 1.79. The summed E-state index contributed by atoms with van der Waals surface area (Å²) >= 11 is 0. The molecule has 0 amide bonds. The Kier molecular flexibility index (Phi) is 3.38. The lowest BCUT2D eigenvalue weighted by atomic mass is 10.2. The highest BCUT2D eigenvalue weighted by Crippen LogP contribution is 2.14. The van der Waals surface area contributed by atoms with Crippen LogP contribution in [0.25, 0.3) is 0 Å². The van der Waals surface area contributed by atoms with E-state index in [-0.39, 0.29) is 6.04 Å². The van der Waals surface area contributed by atoms with Crippen LogP contribution in [0.1, 0.15) is 37.5 Å². The van der Waals surface area contributed by atoms with E-state index in [0.717, 1.165) is 31.2 Å². The SMILES string of the molecule is Cc1cnc(C(C)NCC2CCCO2)o1. The number of ether oxygens (including phenoxy) is 1. The Morgan fingerprint density at radius 1 is 1.67 bits per heavy atom. The van der Waals surface area contributed by atoms with Crippen molar-refractivity contribution in [3.8, 4) is 0 Å². The average Bonchev–Trinajstić information content (AvgIpc) is 2.84. The van der Waals surface area contributed by atoms with Crippen LogP contribution in [0.4, 0.5) is 0 Å². The molecule has 2 unspecified atom stereocenters. The van der Waals surface area contributed by atoms with Gasteiger partial charge in [-0.2, -0.15) is 0 Å². The summed E-state index contributed by atoms with van der Waals surface area (Å²) in [7, 11) is 0. The van der Waals surface area contributed by atoms with Gasteiger partial charge in [0.05, 0.1) is 18.3 Å². The fraction of sp³-hybridized carbons (Fsp3) is 0.727. The Bertz CT molecular complexity index is 305. The second-order valence-corrected chi connectivity index (χ2v) is 4.07. The predicted octanol–water partition coefficient (Wildman–Crippen LogP) is 1.81. The Hall–Kier alpha value is -0.870. The maximum absolute atomic E-state index is 5.53. The molecule has 0 bridgehead atoms. The first-order valence-corrected chi connectivity index (χ1v) is 5.53. The molecule has 0 radical (unpaired) electrons. The topological polar surface area (TPSA) is 47.3 Å². The molecular formula is C11H18N2O2. The molecule has 1 saturated heterocycles. The summed E-state index contributed by atoms with van der Waals surface area (Å²) in [5.41, 5.74) is 0. The van der Waals surface area contributed by atoms with Crippen LogP contribution in [-0.2, 0) is 4.74 Å². The van der Waals surface area contributed by atoms with Gasteiger partial charge in [-0.15, -0.1) is 0 Å². The quantitative estimate of drug-likeness (QED) is 0.823. The van der Waals surface area contributed by atoms with Crippen molar-refractivity contribution in [3.05, 3.63) is 17.8 Å². The number of nitrogens with zero attached hydrogens (tertiary/aromatic N) is 1. The summed E-state index contributed by atoms with van der Waals surface area (Å²) in [6.07, 6.45) is 4.45. The second kappa shape index (κ2) is 4.77. The highest BCUT2D eigenvalue weighted by Gasteiger charge is 2.17. The van der Waals surface area contributed by atoms with Gasteiger partial charge in [-0.1, -0.05) is 0 Å². The maximum Gasteiger partial charge on any atom is 0.211 e. The van der Waals surface area contributed by atoms with Crippen LogP contribution < -0.4 is 5.32 Å². The van der Waals surface area contributed by atoms with Gasteiger partial charge >= 0.3 is 0 Å². The van der Waals surface area contributed by atoms with Gasteiger partial charge in [0.25, 0.3) is 0 Å². The zero-order valence-corrected chi connectivity index (χ0v) is 9.32. The molecule has 84 valence electrons. The minimum absolute atomic E-state index is 0.155. The molecule has 1 aromatic rings. The molecule has 1 aliphatic rings. The predicted molar refractivity (Wildman–Crippen MR) is 56.6 cm³/mol. The van der Waals surface area contributed by atoms with E-state index in [0.29, 0.717) is 6.10 Å². The van der Waals surface area contributed by atoms with Crippen molar-refractivity contribution in [2.75, 3.05) is 13.2 Å². The van der Waals surface area contributed by atoms with Crippen LogP contribution in [0.5, 0.6) is 0 Å². The van der Waals surface area contributed by atoms with Crippen molar-refractivity contribution in [2.24, 2.45) is 0 Å². The third-order valence-corrected chi connectivity index (χ3v) is 2.69. The van der Waals surface area contributed by atoms with Crippen molar-refractivity contribution < 1.29 is 9.15 Å². The third-order valence-electron chi connectivity index (χ3n) is 2.69. The highest BCUT2D eigenvalue weighted by atomic mass is 16.5. The Labute approximate surface area is 90.0 Å². The first kappa shape index (κ1) is 10.6. The van der Waals surface area contributed by atoms with E-state index in [2.05, 4.69) is 17.2 Å². The molecular weight excluding hydrogens is 192 g/mol. The zero-order chi connectivity index (χ0) is 10.7. The summed E-state index contributed by atoms with van der Waals surface area (Å²) < 4.78 is 11.0. The second-order valence-electron chi connectivity index (χ2n) is 4.07. The Morgan fingerprint density at radius 2 is 2.53 bits per heavy atom. The van der Waals surface area contributed by atoms with Crippen molar-refractivity contribution >= 4 is 0 Å². The third kappa shape index (κ3) is 2.79. The maximum atomic E-state index is 5.53. The lowest BCUT2D eigenvalue weighted by molar-refractivity contribution is 0.107. The average molecular weight is 210 g/mol. The van der Waals surface area contributed by atoms with Gasteiger partial charge in [0.15, 0.2) is 0 Å². The number of rotatable bonds is 4. The number of aromatic nitrogens is 1. The molecule has 4 heteroatoms. The van der Waals surface area contributed by atoms with Crippen LogP contribution >= 0.6 is 0 Å². The van der Waals surface area contributed by atoms with Crippen molar-refractivity contribution in [2.45, 2.75) is 38.8 Å².